The third kappa shape index (κ3) is 4.16. The Morgan fingerprint density at radius 1 is 1.15 bits per heavy atom. The minimum atomic E-state index is -0.616. The lowest BCUT2D eigenvalue weighted by molar-refractivity contribution is -0.140. The Hall–Kier alpha value is -2.06. The molecule has 2 unspecified atom stereocenters. The zero-order chi connectivity index (χ0) is 24.0. The zero-order valence-corrected chi connectivity index (χ0v) is 20.7. The average Bonchev–Trinajstić information content (AvgIpc) is 3.29. The van der Waals surface area contributed by atoms with Crippen molar-refractivity contribution in [1.29, 1.82) is 0 Å². The van der Waals surface area contributed by atoms with Gasteiger partial charge in [0.2, 0.25) is 17.7 Å². The van der Waals surface area contributed by atoms with Crippen LogP contribution in [0.1, 0.15) is 53.4 Å². The lowest BCUT2D eigenvalue weighted by Gasteiger charge is -2.36. The van der Waals surface area contributed by atoms with Crippen LogP contribution in [0.25, 0.3) is 0 Å². The molecule has 3 saturated heterocycles. The summed E-state index contributed by atoms with van der Waals surface area (Å²) in [5, 5.41) is 15.4. The molecule has 3 fully saturated rings. The van der Waals surface area contributed by atoms with Crippen LogP contribution in [0.3, 0.4) is 0 Å². The van der Waals surface area contributed by atoms with E-state index in [1.165, 1.54) is 0 Å². The van der Waals surface area contributed by atoms with Gasteiger partial charge in [-0.1, -0.05) is 18.2 Å². The number of unbranched alkanes of at least 4 members (excludes halogenated alkanes) is 1. The number of nitrogens with one attached hydrogen (secondary N) is 2. The van der Waals surface area contributed by atoms with Gasteiger partial charge in [-0.3, -0.25) is 14.4 Å². The van der Waals surface area contributed by atoms with Gasteiger partial charge >= 0.3 is 0 Å². The van der Waals surface area contributed by atoms with Gasteiger partial charge in [-0.05, 0) is 65.5 Å². The Bertz CT molecular complexity index is 933. The Morgan fingerprint density at radius 2 is 1.85 bits per heavy atom. The number of hydrogen-bond donors (Lipinski definition) is 3. The summed E-state index contributed by atoms with van der Waals surface area (Å²) in [4.78, 5) is 42.7. The Morgan fingerprint density at radius 3 is 2.48 bits per heavy atom. The predicted octanol–water partition coefficient (Wildman–Crippen LogP) is 2.79. The van der Waals surface area contributed by atoms with Gasteiger partial charge < -0.3 is 20.6 Å². The Kier molecular flexibility index (Phi) is 6.29. The highest BCUT2D eigenvalue weighted by molar-refractivity contribution is 8.02. The van der Waals surface area contributed by atoms with Gasteiger partial charge in [-0.2, -0.15) is 0 Å². The minimum Gasteiger partial charge on any atom is -0.396 e. The molecule has 3 amide bonds. The fourth-order valence-electron chi connectivity index (χ4n) is 5.94. The summed E-state index contributed by atoms with van der Waals surface area (Å²) < 4.78 is -1.00. The van der Waals surface area contributed by atoms with E-state index in [1.54, 1.807) is 16.7 Å². The van der Waals surface area contributed by atoms with Gasteiger partial charge in [0.05, 0.1) is 16.6 Å². The zero-order valence-electron chi connectivity index (χ0n) is 19.9. The molecular weight excluding hydrogens is 438 g/mol. The molecule has 5 atom stereocenters. The fourth-order valence-corrected chi connectivity index (χ4v) is 8.30. The normalized spacial score (nSPS) is 32.7. The summed E-state index contributed by atoms with van der Waals surface area (Å²) in [5.74, 6) is -1.44. The first kappa shape index (κ1) is 24.1. The Balaban J connectivity index is 1.69. The van der Waals surface area contributed by atoms with Crippen molar-refractivity contribution >= 4 is 35.2 Å². The number of likely N-dealkylation sites (tertiary alicyclic amines) is 1. The maximum absolute atomic E-state index is 13.8. The van der Waals surface area contributed by atoms with Crippen molar-refractivity contribution in [2.75, 3.05) is 18.5 Å². The number of anilines is 1. The molecule has 1 aromatic rings. The van der Waals surface area contributed by atoms with Crippen molar-refractivity contribution in [3.8, 4) is 0 Å². The first-order chi connectivity index (χ1) is 15.5. The maximum atomic E-state index is 13.8. The molecule has 3 heterocycles. The second-order valence-corrected chi connectivity index (χ2v) is 12.7. The fraction of sp³-hybridized carbons (Fsp3) is 0.640. The number of carbonyl (C=O) groups is 3. The van der Waals surface area contributed by atoms with E-state index in [2.05, 4.69) is 17.6 Å². The van der Waals surface area contributed by atoms with Crippen LogP contribution in [0.2, 0.25) is 0 Å². The molecule has 3 N–H and O–H groups in total. The molecule has 0 aliphatic carbocycles. The predicted molar refractivity (Wildman–Crippen MR) is 130 cm³/mol. The summed E-state index contributed by atoms with van der Waals surface area (Å²) in [7, 11) is 0. The van der Waals surface area contributed by atoms with Crippen LogP contribution in [-0.2, 0) is 14.4 Å². The molecular formula is C25H35N3O4S. The van der Waals surface area contributed by atoms with Crippen LogP contribution < -0.4 is 10.6 Å². The van der Waals surface area contributed by atoms with Crippen molar-refractivity contribution < 1.29 is 19.5 Å². The highest BCUT2D eigenvalue weighted by atomic mass is 32.2. The molecule has 3 aliphatic rings. The summed E-state index contributed by atoms with van der Waals surface area (Å²) in [6.45, 7) is 8.33. The van der Waals surface area contributed by atoms with Crippen molar-refractivity contribution in [3.05, 3.63) is 30.3 Å². The highest BCUT2D eigenvalue weighted by Crippen LogP contribution is 2.71. The molecule has 0 saturated carbocycles. The summed E-state index contributed by atoms with van der Waals surface area (Å²) in [5.41, 5.74) is 0.279. The molecule has 33 heavy (non-hydrogen) atoms. The van der Waals surface area contributed by atoms with Gasteiger partial charge in [-0.25, -0.2) is 0 Å². The topological polar surface area (TPSA) is 98.7 Å². The number of aliphatic hydroxyl groups is 1. The van der Waals surface area contributed by atoms with E-state index in [0.717, 1.165) is 12.8 Å². The molecule has 0 aromatic heterocycles. The first-order valence-electron chi connectivity index (χ1n) is 11.8. The van der Waals surface area contributed by atoms with E-state index < -0.39 is 32.9 Å². The van der Waals surface area contributed by atoms with Crippen molar-refractivity contribution in [1.82, 2.24) is 10.2 Å². The molecule has 4 rings (SSSR count). The SMILES string of the molecule is CC(C)(C)NC(=O)C1N(CCCCO)C(=O)[C@@H]2[C@H](C(=O)Nc3ccccc3)[C@]3(C)CCC12S3. The van der Waals surface area contributed by atoms with Crippen LogP contribution in [-0.4, -0.2) is 62.0 Å². The number of nitrogens with zero attached hydrogens (tertiary/aromatic N) is 1. The van der Waals surface area contributed by atoms with E-state index in [1.807, 2.05) is 51.1 Å². The summed E-state index contributed by atoms with van der Waals surface area (Å²) in [6.07, 6.45) is 2.71. The molecule has 0 radical (unpaired) electrons. The Labute approximate surface area is 200 Å². The number of hydrogen-bond acceptors (Lipinski definition) is 5. The van der Waals surface area contributed by atoms with Crippen LogP contribution in [0, 0.1) is 11.8 Å². The number of para-hydroxylation sites is 1. The van der Waals surface area contributed by atoms with Crippen molar-refractivity contribution in [2.24, 2.45) is 11.8 Å². The van der Waals surface area contributed by atoms with E-state index in [-0.39, 0.29) is 24.3 Å². The molecule has 180 valence electrons. The standard InChI is InChI=1S/C25H35N3O4S/c1-23(2,3)27-21(31)19-25-13-12-24(4,33-25)17(20(30)26-16-10-6-5-7-11-16)18(25)22(32)28(19)14-8-9-15-29/h5-7,10-11,17-19,29H,8-9,12-15H2,1-4H3,(H,26,30)(H,27,31)/t17-,18+,19?,24+,25?/m1/s1. The summed E-state index contributed by atoms with van der Waals surface area (Å²) >= 11 is 1.67. The third-order valence-corrected chi connectivity index (χ3v) is 9.14. The van der Waals surface area contributed by atoms with Gasteiger partial charge in [0.25, 0.3) is 0 Å². The number of benzene rings is 1. The van der Waals surface area contributed by atoms with Gasteiger partial charge in [-0.15, -0.1) is 11.8 Å². The molecule has 1 aromatic carbocycles. The lowest BCUT2D eigenvalue weighted by Crippen LogP contribution is -2.57. The maximum Gasteiger partial charge on any atom is 0.244 e. The van der Waals surface area contributed by atoms with Crippen LogP contribution >= 0.6 is 11.8 Å². The lowest BCUT2D eigenvalue weighted by atomic mass is 9.66. The number of thioether (sulfide) groups is 1. The molecule has 3 aliphatic heterocycles. The smallest absolute Gasteiger partial charge is 0.244 e. The third-order valence-electron chi connectivity index (χ3n) is 7.15. The average molecular weight is 474 g/mol. The van der Waals surface area contributed by atoms with Gasteiger partial charge in [0.15, 0.2) is 0 Å². The second-order valence-electron chi connectivity index (χ2n) is 10.8. The molecule has 1 spiro atoms. The van der Waals surface area contributed by atoms with Crippen LogP contribution in [0.15, 0.2) is 30.3 Å². The minimum absolute atomic E-state index is 0.0460. The first-order valence-corrected chi connectivity index (χ1v) is 12.6. The molecule has 7 nitrogen and oxygen atoms in total. The van der Waals surface area contributed by atoms with Gasteiger partial charge in [0.1, 0.15) is 6.04 Å². The van der Waals surface area contributed by atoms with Crippen LogP contribution in [0.5, 0.6) is 0 Å². The number of aliphatic hydroxyl groups excluding tert-OH is 1. The highest BCUT2D eigenvalue weighted by Gasteiger charge is 2.77. The monoisotopic (exact) mass is 473 g/mol. The van der Waals surface area contributed by atoms with Crippen molar-refractivity contribution in [3.63, 3.8) is 0 Å². The quantitative estimate of drug-likeness (QED) is 0.529. The van der Waals surface area contributed by atoms with E-state index in [9.17, 15) is 19.5 Å². The van der Waals surface area contributed by atoms with Crippen molar-refractivity contribution in [2.45, 2.75) is 74.5 Å². The molecule has 8 heteroatoms. The second kappa shape index (κ2) is 8.62. The number of carbonyl (C=O) groups excluding carboxylic acids is 3. The number of rotatable bonds is 7. The molecule has 2 bridgehead atoms. The largest absolute Gasteiger partial charge is 0.396 e. The van der Waals surface area contributed by atoms with Gasteiger partial charge in [0, 0.05) is 29.1 Å². The van der Waals surface area contributed by atoms with Crippen LogP contribution in [0.4, 0.5) is 5.69 Å². The van der Waals surface area contributed by atoms with E-state index >= 15 is 0 Å². The van der Waals surface area contributed by atoms with E-state index in [0.29, 0.717) is 25.1 Å². The van der Waals surface area contributed by atoms with E-state index in [4.69, 9.17) is 0 Å². The summed E-state index contributed by atoms with van der Waals surface area (Å²) in [6, 6.07) is 8.69. The number of fused-ring (bicyclic) bond motifs is 1. The number of amides is 3.